The van der Waals surface area contributed by atoms with Gasteiger partial charge in [-0.25, -0.2) is 0 Å². The second-order valence-corrected chi connectivity index (χ2v) is 10.9. The Morgan fingerprint density at radius 1 is 0.562 bits per heavy atom. The molecule has 1 N–H and O–H groups in total. The van der Waals surface area contributed by atoms with Crippen molar-refractivity contribution >= 4 is 0 Å². The second-order valence-electron chi connectivity index (χ2n) is 10.9. The number of hydrogen-bond donors (Lipinski definition) is 1. The molecule has 0 aromatic heterocycles. The van der Waals surface area contributed by atoms with Gasteiger partial charge in [-0.1, -0.05) is 123 Å². The van der Waals surface area contributed by atoms with Crippen LogP contribution in [0.25, 0.3) is 0 Å². The second kappa shape index (κ2) is 24.0. The summed E-state index contributed by atoms with van der Waals surface area (Å²) in [7, 11) is 4.50. The standard InChI is InChI=1S/C29H62NO2/c1-5-7-9-11-13-15-17-19-21-23-25-30(3,4)27-29(31)28-32-26-24-22-20-18-16-14-12-10-8-6-2/h29,31H,5-28H2,1-4H3/q+1. The van der Waals surface area contributed by atoms with Crippen molar-refractivity contribution in [2.45, 2.75) is 148 Å². The molecular weight excluding hydrogens is 394 g/mol. The number of likely N-dealkylation sites (N-methyl/N-ethyl adjacent to an activating group) is 1. The van der Waals surface area contributed by atoms with Gasteiger partial charge in [0.2, 0.25) is 0 Å². The Kier molecular flexibility index (Phi) is 23.9. The number of ether oxygens (including phenoxy) is 1. The van der Waals surface area contributed by atoms with Crippen molar-refractivity contribution in [3.8, 4) is 0 Å². The van der Waals surface area contributed by atoms with Gasteiger partial charge >= 0.3 is 0 Å². The molecule has 0 aliphatic rings. The summed E-state index contributed by atoms with van der Waals surface area (Å²) in [4.78, 5) is 0. The summed E-state index contributed by atoms with van der Waals surface area (Å²) in [5, 5.41) is 10.4. The lowest BCUT2D eigenvalue weighted by Crippen LogP contribution is -2.47. The van der Waals surface area contributed by atoms with Crippen LogP contribution in [0.5, 0.6) is 0 Å². The number of aliphatic hydroxyl groups is 1. The summed E-state index contributed by atoms with van der Waals surface area (Å²) in [6, 6.07) is 0. The van der Waals surface area contributed by atoms with Gasteiger partial charge in [0, 0.05) is 6.61 Å². The van der Waals surface area contributed by atoms with E-state index in [1.165, 1.54) is 122 Å². The van der Waals surface area contributed by atoms with Crippen LogP contribution in [0.2, 0.25) is 0 Å². The van der Waals surface area contributed by atoms with Gasteiger partial charge in [-0.2, -0.15) is 0 Å². The van der Waals surface area contributed by atoms with E-state index in [-0.39, 0.29) is 6.10 Å². The maximum absolute atomic E-state index is 10.4. The van der Waals surface area contributed by atoms with Gasteiger partial charge in [0.25, 0.3) is 0 Å². The lowest BCUT2D eigenvalue weighted by atomic mass is 10.1. The largest absolute Gasteiger partial charge is 0.385 e. The third-order valence-electron chi connectivity index (χ3n) is 6.77. The number of quaternary nitrogens is 1. The Bertz CT molecular complexity index is 359. The van der Waals surface area contributed by atoms with E-state index in [2.05, 4.69) is 27.9 Å². The highest BCUT2D eigenvalue weighted by atomic mass is 16.5. The van der Waals surface area contributed by atoms with E-state index in [4.69, 9.17) is 4.74 Å². The molecule has 0 bridgehead atoms. The molecule has 0 heterocycles. The molecule has 0 radical (unpaired) electrons. The quantitative estimate of drug-likeness (QED) is 0.105. The van der Waals surface area contributed by atoms with Crippen LogP contribution in [0.4, 0.5) is 0 Å². The molecule has 0 saturated carbocycles. The Morgan fingerprint density at radius 3 is 1.38 bits per heavy atom. The van der Waals surface area contributed by atoms with Crippen LogP contribution in [0.1, 0.15) is 142 Å². The molecule has 1 unspecified atom stereocenters. The van der Waals surface area contributed by atoms with E-state index in [9.17, 15) is 5.11 Å². The maximum atomic E-state index is 10.4. The highest BCUT2D eigenvalue weighted by molar-refractivity contribution is 4.54. The molecule has 0 aliphatic carbocycles. The third kappa shape index (κ3) is 24.5. The lowest BCUT2D eigenvalue weighted by molar-refractivity contribution is -0.893. The normalized spacial score (nSPS) is 13.0. The van der Waals surface area contributed by atoms with Crippen molar-refractivity contribution in [3.63, 3.8) is 0 Å². The van der Waals surface area contributed by atoms with Crippen molar-refractivity contribution in [3.05, 3.63) is 0 Å². The first-order valence-corrected chi connectivity index (χ1v) is 14.6. The average molecular weight is 457 g/mol. The van der Waals surface area contributed by atoms with Gasteiger partial charge in [0.15, 0.2) is 0 Å². The molecular formula is C29H62NO2+. The van der Waals surface area contributed by atoms with Crippen molar-refractivity contribution in [1.29, 1.82) is 0 Å². The van der Waals surface area contributed by atoms with Crippen LogP contribution in [0, 0.1) is 0 Å². The predicted molar refractivity (Wildman–Crippen MR) is 142 cm³/mol. The van der Waals surface area contributed by atoms with Crippen LogP contribution < -0.4 is 0 Å². The summed E-state index contributed by atoms with van der Waals surface area (Å²) in [6.07, 6.45) is 27.0. The van der Waals surface area contributed by atoms with E-state index in [1.54, 1.807) is 0 Å². The van der Waals surface area contributed by atoms with Crippen molar-refractivity contribution in [2.24, 2.45) is 0 Å². The molecule has 194 valence electrons. The smallest absolute Gasteiger partial charge is 0.126 e. The SMILES string of the molecule is CCCCCCCCCCCCOCC(O)C[N+](C)(C)CCCCCCCCCCCC. The molecule has 0 saturated heterocycles. The first-order valence-electron chi connectivity index (χ1n) is 14.6. The van der Waals surface area contributed by atoms with Gasteiger partial charge in [0.1, 0.15) is 12.6 Å². The van der Waals surface area contributed by atoms with Gasteiger partial charge in [-0.15, -0.1) is 0 Å². The fraction of sp³-hybridized carbons (Fsp3) is 1.00. The Hall–Kier alpha value is -0.120. The van der Waals surface area contributed by atoms with E-state index < -0.39 is 0 Å². The first kappa shape index (κ1) is 31.9. The maximum Gasteiger partial charge on any atom is 0.126 e. The zero-order valence-electron chi connectivity index (χ0n) is 22.9. The molecule has 0 spiro atoms. The predicted octanol–water partition coefficient (Wildman–Crippen LogP) is 8.28. The molecule has 3 heteroatoms. The Balaban J connectivity index is 3.45. The zero-order valence-corrected chi connectivity index (χ0v) is 22.9. The van der Waals surface area contributed by atoms with Gasteiger partial charge < -0.3 is 14.3 Å². The first-order chi connectivity index (χ1) is 15.5. The minimum Gasteiger partial charge on any atom is -0.385 e. The number of nitrogens with zero attached hydrogens (tertiary/aromatic N) is 1. The summed E-state index contributed by atoms with van der Waals surface area (Å²) in [5.74, 6) is 0. The summed E-state index contributed by atoms with van der Waals surface area (Å²) in [6.45, 7) is 7.82. The molecule has 32 heavy (non-hydrogen) atoms. The minimum atomic E-state index is -0.337. The van der Waals surface area contributed by atoms with Crippen molar-refractivity contribution in [1.82, 2.24) is 0 Å². The summed E-state index contributed by atoms with van der Waals surface area (Å²) < 4.78 is 6.66. The summed E-state index contributed by atoms with van der Waals surface area (Å²) >= 11 is 0. The number of aliphatic hydroxyl groups excluding tert-OH is 1. The van der Waals surface area contributed by atoms with E-state index >= 15 is 0 Å². The highest BCUT2D eigenvalue weighted by Gasteiger charge is 2.20. The van der Waals surface area contributed by atoms with Crippen LogP contribution in [-0.2, 0) is 4.74 Å². The van der Waals surface area contributed by atoms with E-state index in [0.29, 0.717) is 6.61 Å². The Morgan fingerprint density at radius 2 is 0.938 bits per heavy atom. The van der Waals surface area contributed by atoms with Gasteiger partial charge in [-0.3, -0.25) is 0 Å². The van der Waals surface area contributed by atoms with E-state index in [0.717, 1.165) is 30.6 Å². The number of unbranched alkanes of at least 4 members (excludes halogenated alkanes) is 18. The van der Waals surface area contributed by atoms with Crippen LogP contribution >= 0.6 is 0 Å². The van der Waals surface area contributed by atoms with Crippen molar-refractivity contribution in [2.75, 3.05) is 40.4 Å². The average Bonchev–Trinajstić information content (AvgIpc) is 2.75. The van der Waals surface area contributed by atoms with Gasteiger partial charge in [0.05, 0.1) is 27.2 Å². The highest BCUT2D eigenvalue weighted by Crippen LogP contribution is 2.13. The fourth-order valence-corrected chi connectivity index (χ4v) is 4.65. The minimum absolute atomic E-state index is 0.337. The molecule has 3 nitrogen and oxygen atoms in total. The fourth-order valence-electron chi connectivity index (χ4n) is 4.65. The lowest BCUT2D eigenvalue weighted by Gasteiger charge is -2.32. The third-order valence-corrected chi connectivity index (χ3v) is 6.77. The van der Waals surface area contributed by atoms with Crippen LogP contribution in [-0.4, -0.2) is 56.1 Å². The molecule has 0 aliphatic heterocycles. The van der Waals surface area contributed by atoms with Crippen molar-refractivity contribution < 1.29 is 14.3 Å². The van der Waals surface area contributed by atoms with Crippen LogP contribution in [0.3, 0.4) is 0 Å². The molecule has 1 atom stereocenters. The van der Waals surface area contributed by atoms with Gasteiger partial charge in [-0.05, 0) is 19.3 Å². The number of rotatable bonds is 26. The molecule has 0 amide bonds. The zero-order chi connectivity index (χ0) is 23.8. The monoisotopic (exact) mass is 456 g/mol. The number of hydrogen-bond acceptors (Lipinski definition) is 2. The van der Waals surface area contributed by atoms with Crippen LogP contribution in [0.15, 0.2) is 0 Å². The molecule has 0 fully saturated rings. The molecule has 0 aromatic rings. The molecule has 0 rings (SSSR count). The summed E-state index contributed by atoms with van der Waals surface area (Å²) in [5.41, 5.74) is 0. The van der Waals surface area contributed by atoms with E-state index in [1.807, 2.05) is 0 Å². The topological polar surface area (TPSA) is 29.5 Å². The Labute approximate surface area is 203 Å². The molecule has 0 aromatic carbocycles.